The van der Waals surface area contributed by atoms with E-state index in [1.807, 2.05) is 25.1 Å². The quantitative estimate of drug-likeness (QED) is 0.603. The number of alkyl carbamates (subject to hydrolysis) is 1. The first kappa shape index (κ1) is 23.9. The zero-order valence-electron chi connectivity index (χ0n) is 20.7. The lowest BCUT2D eigenvalue weighted by molar-refractivity contribution is -0.114. The number of hydrogen-bond acceptors (Lipinski definition) is 4. The summed E-state index contributed by atoms with van der Waals surface area (Å²) < 4.78 is 5.02. The van der Waals surface area contributed by atoms with Gasteiger partial charge in [0.15, 0.2) is 12.4 Å². The van der Waals surface area contributed by atoms with Gasteiger partial charge in [0, 0.05) is 24.4 Å². The van der Waals surface area contributed by atoms with Gasteiger partial charge in [-0.3, -0.25) is 4.79 Å². The summed E-state index contributed by atoms with van der Waals surface area (Å²) in [6.07, 6.45) is 7.66. The highest BCUT2D eigenvalue weighted by molar-refractivity contribution is 5.93. The van der Waals surface area contributed by atoms with Crippen LogP contribution in [-0.4, -0.2) is 36.2 Å². The summed E-state index contributed by atoms with van der Waals surface area (Å²) >= 11 is 0. The first-order valence-electron chi connectivity index (χ1n) is 13.0. The molecule has 5 rings (SSSR count). The van der Waals surface area contributed by atoms with Crippen LogP contribution >= 0.6 is 0 Å². The number of benzene rings is 1. The maximum atomic E-state index is 12.1. The zero-order chi connectivity index (χ0) is 24.6. The molecule has 0 radical (unpaired) electrons. The number of amides is 1. The summed E-state index contributed by atoms with van der Waals surface area (Å²) in [6, 6.07) is 8.41. The number of aliphatic hydroxyl groups excluding tert-OH is 1. The molecule has 1 aromatic carbocycles. The third-order valence-corrected chi connectivity index (χ3v) is 8.82. The van der Waals surface area contributed by atoms with Crippen molar-refractivity contribution in [3.05, 3.63) is 58.2 Å². The second-order valence-corrected chi connectivity index (χ2v) is 10.7. The summed E-state index contributed by atoms with van der Waals surface area (Å²) in [6.45, 7) is 4.72. The predicted molar refractivity (Wildman–Crippen MR) is 135 cm³/mol. The van der Waals surface area contributed by atoms with Crippen molar-refractivity contribution in [2.24, 2.45) is 17.3 Å². The molecule has 1 amide bonds. The second-order valence-electron chi connectivity index (χ2n) is 10.7. The van der Waals surface area contributed by atoms with Gasteiger partial charge in [-0.1, -0.05) is 36.5 Å². The predicted octanol–water partition coefficient (Wildman–Crippen LogP) is 5.04. The Morgan fingerprint density at radius 1 is 1.17 bits per heavy atom. The molecular weight excluding hydrogens is 438 g/mol. The van der Waals surface area contributed by atoms with Crippen molar-refractivity contribution in [2.75, 3.05) is 13.2 Å². The Kier molecular flexibility index (Phi) is 6.59. The van der Waals surface area contributed by atoms with E-state index in [1.54, 1.807) is 5.57 Å². The third kappa shape index (κ3) is 4.45. The minimum Gasteiger partial charge on any atom is -0.436 e. The van der Waals surface area contributed by atoms with Gasteiger partial charge in [0.25, 0.3) is 0 Å². The molecular formula is C30H35NO4. The topological polar surface area (TPSA) is 75.6 Å². The molecule has 4 aliphatic carbocycles. The van der Waals surface area contributed by atoms with Crippen LogP contribution in [-0.2, 0) is 9.53 Å². The van der Waals surface area contributed by atoms with E-state index in [-0.39, 0.29) is 29.8 Å². The maximum Gasteiger partial charge on any atom is 0.408 e. The Morgan fingerprint density at radius 2 is 1.97 bits per heavy atom. The number of nitrogens with one attached hydrogen (secondary N) is 1. The Labute approximate surface area is 208 Å². The van der Waals surface area contributed by atoms with Gasteiger partial charge in [-0.2, -0.15) is 0 Å². The van der Waals surface area contributed by atoms with E-state index in [9.17, 15) is 14.7 Å². The minimum absolute atomic E-state index is 0.0552. The standard InChI is InChI=1S/C30H35NO4/c1-3-31-29(34)35-16-4-5-19-6-8-20(9-7-19)25-18-30(2)26(14-15-27(30)33)24-12-10-21-17-22(32)11-13-23(21)28(24)25/h6-9,17,24-27,33H,3,10-16,18H2,1-2H3,(H,31,34)/t24?,25-,26?,27+,30?/m1/s1. The number of carbonyl (C=O) groups is 2. The lowest BCUT2D eigenvalue weighted by atomic mass is 9.53. The highest BCUT2D eigenvalue weighted by atomic mass is 16.5. The van der Waals surface area contributed by atoms with Crippen LogP contribution in [0.25, 0.3) is 0 Å². The van der Waals surface area contributed by atoms with Crippen LogP contribution in [0.1, 0.15) is 75.8 Å². The Bertz CT molecular complexity index is 1140. The molecule has 0 spiro atoms. The van der Waals surface area contributed by atoms with Gasteiger partial charge in [-0.25, -0.2) is 4.79 Å². The number of carbonyl (C=O) groups excluding carboxylic acids is 2. The second kappa shape index (κ2) is 9.66. The summed E-state index contributed by atoms with van der Waals surface area (Å²) in [5.41, 5.74) is 6.31. The number of aliphatic hydroxyl groups is 1. The number of rotatable bonds is 3. The minimum atomic E-state index is -0.454. The molecule has 5 atom stereocenters. The molecule has 2 saturated carbocycles. The van der Waals surface area contributed by atoms with Gasteiger partial charge >= 0.3 is 6.09 Å². The molecule has 5 nitrogen and oxygen atoms in total. The van der Waals surface area contributed by atoms with Crippen molar-refractivity contribution in [2.45, 2.75) is 70.8 Å². The number of ketones is 1. The number of hydrogen-bond donors (Lipinski definition) is 2. The van der Waals surface area contributed by atoms with Gasteiger partial charge < -0.3 is 15.2 Å². The van der Waals surface area contributed by atoms with Crippen LogP contribution < -0.4 is 5.32 Å². The van der Waals surface area contributed by atoms with E-state index in [2.05, 4.69) is 36.2 Å². The number of allylic oxidation sites excluding steroid dienone is 4. The van der Waals surface area contributed by atoms with E-state index in [0.29, 0.717) is 24.8 Å². The average Bonchev–Trinajstić information content (AvgIpc) is 3.15. The molecule has 0 bridgehead atoms. The van der Waals surface area contributed by atoms with Crippen LogP contribution in [0.4, 0.5) is 4.79 Å². The smallest absolute Gasteiger partial charge is 0.408 e. The molecule has 35 heavy (non-hydrogen) atoms. The monoisotopic (exact) mass is 473 g/mol. The lowest BCUT2D eigenvalue weighted by Gasteiger charge is -2.52. The van der Waals surface area contributed by atoms with Crippen molar-refractivity contribution in [3.63, 3.8) is 0 Å². The Morgan fingerprint density at radius 3 is 2.74 bits per heavy atom. The molecule has 4 aliphatic rings. The highest BCUT2D eigenvalue weighted by Gasteiger charge is 2.56. The SMILES string of the molecule is CCNC(=O)OCC#Cc1ccc([C@H]2CC3(C)C(CC[C@@H]3O)C3CCC4=CC(=O)CCC4=C32)cc1. The number of ether oxygens (including phenoxy) is 1. The molecule has 2 fully saturated rings. The molecule has 0 heterocycles. The fourth-order valence-electron chi connectivity index (χ4n) is 7.17. The van der Waals surface area contributed by atoms with Crippen molar-refractivity contribution in [1.82, 2.24) is 5.32 Å². The number of fused-ring (bicyclic) bond motifs is 4. The fraction of sp³-hybridized carbons (Fsp3) is 0.533. The van der Waals surface area contributed by atoms with E-state index >= 15 is 0 Å². The normalized spacial score (nSPS) is 31.4. The van der Waals surface area contributed by atoms with E-state index < -0.39 is 6.09 Å². The molecule has 1 aromatic rings. The van der Waals surface area contributed by atoms with Crippen molar-refractivity contribution in [1.29, 1.82) is 0 Å². The summed E-state index contributed by atoms with van der Waals surface area (Å²) in [5.74, 6) is 7.50. The van der Waals surface area contributed by atoms with Crippen LogP contribution in [0.2, 0.25) is 0 Å². The molecule has 3 unspecified atom stereocenters. The molecule has 2 N–H and O–H groups in total. The summed E-state index contributed by atoms with van der Waals surface area (Å²) in [7, 11) is 0. The van der Waals surface area contributed by atoms with Crippen LogP contribution in [0, 0.1) is 29.1 Å². The van der Waals surface area contributed by atoms with Gasteiger partial charge in [0.1, 0.15) is 0 Å². The Balaban J connectivity index is 1.44. The molecule has 0 aromatic heterocycles. The van der Waals surface area contributed by atoms with Gasteiger partial charge in [0.05, 0.1) is 6.10 Å². The Hall–Kier alpha value is -2.84. The first-order chi connectivity index (χ1) is 16.9. The largest absolute Gasteiger partial charge is 0.436 e. The first-order valence-corrected chi connectivity index (χ1v) is 13.0. The van der Waals surface area contributed by atoms with Gasteiger partial charge in [-0.15, -0.1) is 0 Å². The fourth-order valence-corrected chi connectivity index (χ4v) is 7.17. The van der Waals surface area contributed by atoms with Crippen molar-refractivity contribution >= 4 is 11.9 Å². The average molecular weight is 474 g/mol. The molecule has 0 aliphatic heterocycles. The van der Waals surface area contributed by atoms with Gasteiger partial charge in [0.2, 0.25) is 0 Å². The third-order valence-electron chi connectivity index (χ3n) is 8.82. The van der Waals surface area contributed by atoms with E-state index in [4.69, 9.17) is 4.74 Å². The lowest BCUT2D eigenvalue weighted by Crippen LogP contribution is -2.45. The highest BCUT2D eigenvalue weighted by Crippen LogP contribution is 2.63. The van der Waals surface area contributed by atoms with Crippen LogP contribution in [0.15, 0.2) is 47.1 Å². The van der Waals surface area contributed by atoms with E-state index in [1.165, 1.54) is 16.7 Å². The summed E-state index contributed by atoms with van der Waals surface area (Å²) in [4.78, 5) is 23.5. The van der Waals surface area contributed by atoms with Crippen LogP contribution in [0.3, 0.4) is 0 Å². The van der Waals surface area contributed by atoms with Crippen molar-refractivity contribution in [3.8, 4) is 11.8 Å². The molecule has 5 heteroatoms. The molecule has 184 valence electrons. The zero-order valence-corrected chi connectivity index (χ0v) is 20.7. The molecule has 0 saturated heterocycles. The maximum absolute atomic E-state index is 12.1. The van der Waals surface area contributed by atoms with E-state index in [0.717, 1.165) is 44.1 Å². The van der Waals surface area contributed by atoms with Crippen molar-refractivity contribution < 1.29 is 19.4 Å². The van der Waals surface area contributed by atoms with Gasteiger partial charge in [-0.05, 0) is 97.6 Å². The van der Waals surface area contributed by atoms with Crippen LogP contribution in [0.5, 0.6) is 0 Å². The summed E-state index contributed by atoms with van der Waals surface area (Å²) in [5, 5.41) is 13.6.